The highest BCUT2D eigenvalue weighted by Crippen LogP contribution is 2.22. The topological polar surface area (TPSA) is 97.5 Å². The van der Waals surface area contributed by atoms with Crippen LogP contribution in [0.1, 0.15) is 15.9 Å². The van der Waals surface area contributed by atoms with Gasteiger partial charge in [0.25, 0.3) is 0 Å². The summed E-state index contributed by atoms with van der Waals surface area (Å²) >= 11 is 0.899. The van der Waals surface area contributed by atoms with Gasteiger partial charge in [0.15, 0.2) is 5.78 Å². The molecule has 0 unspecified atom stereocenters. The van der Waals surface area contributed by atoms with Crippen molar-refractivity contribution in [1.82, 2.24) is 0 Å². The maximum atomic E-state index is 12.0. The minimum atomic E-state index is -3.78. The Morgan fingerprint density at radius 2 is 1.78 bits per heavy atom. The van der Waals surface area contributed by atoms with Crippen molar-refractivity contribution >= 4 is 27.1 Å². The monoisotopic (exact) mass is 283 g/mol. The van der Waals surface area contributed by atoms with Crippen molar-refractivity contribution in [3.63, 3.8) is 0 Å². The second-order valence-electron chi connectivity index (χ2n) is 3.58. The van der Waals surface area contributed by atoms with Gasteiger partial charge in [-0.25, -0.2) is 13.6 Å². The highest BCUT2D eigenvalue weighted by Gasteiger charge is 2.16. The second-order valence-corrected chi connectivity index (χ2v) is 6.27. The molecule has 0 aliphatic carbocycles. The first-order valence-corrected chi connectivity index (χ1v) is 7.25. The molecule has 0 aliphatic heterocycles. The Morgan fingerprint density at radius 3 is 2.28 bits per heavy atom. The lowest BCUT2D eigenvalue weighted by Gasteiger charge is -1.98. The van der Waals surface area contributed by atoms with Crippen molar-refractivity contribution < 1.29 is 18.3 Å². The molecule has 0 bridgehead atoms. The normalized spacial score (nSPS) is 11.4. The molecule has 0 atom stereocenters. The smallest absolute Gasteiger partial charge is 0.247 e. The van der Waals surface area contributed by atoms with E-state index in [1.807, 2.05) is 0 Å². The Bertz CT molecular complexity index is 686. The summed E-state index contributed by atoms with van der Waals surface area (Å²) in [6.07, 6.45) is 0. The van der Waals surface area contributed by atoms with Gasteiger partial charge in [0.1, 0.15) is 9.96 Å². The molecule has 2 rings (SSSR count). The van der Waals surface area contributed by atoms with E-state index in [0.29, 0.717) is 5.56 Å². The van der Waals surface area contributed by atoms with E-state index in [4.69, 9.17) is 10.2 Å². The van der Waals surface area contributed by atoms with Gasteiger partial charge in [0, 0.05) is 16.5 Å². The van der Waals surface area contributed by atoms with Gasteiger partial charge in [-0.3, -0.25) is 4.79 Å². The number of phenols is 1. The summed E-state index contributed by atoms with van der Waals surface area (Å²) < 4.78 is 22.1. The third-order valence-electron chi connectivity index (χ3n) is 2.25. The van der Waals surface area contributed by atoms with Crippen LogP contribution in [-0.2, 0) is 10.0 Å². The number of primary sulfonamides is 1. The number of sulfonamides is 1. The SMILES string of the molecule is NS(=O)(=O)c1cc(C(=O)c2ccc(O)cc2)cs1. The Kier molecular flexibility index (Phi) is 3.20. The van der Waals surface area contributed by atoms with E-state index < -0.39 is 10.0 Å². The van der Waals surface area contributed by atoms with Crippen LogP contribution >= 0.6 is 11.3 Å². The quantitative estimate of drug-likeness (QED) is 0.830. The number of benzene rings is 1. The lowest BCUT2D eigenvalue weighted by Crippen LogP contribution is -2.10. The molecule has 0 fully saturated rings. The number of phenolic OH excluding ortho intramolecular Hbond substituents is 1. The standard InChI is InChI=1S/C11H9NO4S2/c12-18(15,16)10-5-8(6-17-10)11(14)7-1-3-9(13)4-2-7/h1-6,13H,(H2,12,15,16). The van der Waals surface area contributed by atoms with Crippen molar-refractivity contribution in [2.75, 3.05) is 0 Å². The first kappa shape index (κ1) is 12.7. The summed E-state index contributed by atoms with van der Waals surface area (Å²) in [6.45, 7) is 0. The zero-order chi connectivity index (χ0) is 13.3. The van der Waals surface area contributed by atoms with E-state index in [9.17, 15) is 13.2 Å². The molecule has 1 aromatic carbocycles. The highest BCUT2D eigenvalue weighted by molar-refractivity contribution is 7.91. The number of hydrogen-bond donors (Lipinski definition) is 2. The maximum Gasteiger partial charge on any atom is 0.247 e. The van der Waals surface area contributed by atoms with Gasteiger partial charge >= 0.3 is 0 Å². The zero-order valence-electron chi connectivity index (χ0n) is 9.03. The second kappa shape index (κ2) is 4.52. The van der Waals surface area contributed by atoms with Crippen LogP contribution in [0, 0.1) is 0 Å². The number of ketones is 1. The van der Waals surface area contributed by atoms with E-state index in [1.165, 1.54) is 35.7 Å². The lowest BCUT2D eigenvalue weighted by molar-refractivity contribution is 0.103. The zero-order valence-corrected chi connectivity index (χ0v) is 10.7. The van der Waals surface area contributed by atoms with Crippen molar-refractivity contribution in [2.45, 2.75) is 4.21 Å². The van der Waals surface area contributed by atoms with Gasteiger partial charge in [-0.15, -0.1) is 11.3 Å². The Morgan fingerprint density at radius 1 is 1.17 bits per heavy atom. The third-order valence-corrected chi connectivity index (χ3v) is 4.63. The van der Waals surface area contributed by atoms with Gasteiger partial charge in [-0.2, -0.15) is 0 Å². The third kappa shape index (κ3) is 2.58. The molecule has 0 aliphatic rings. The molecule has 5 nitrogen and oxygen atoms in total. The molecule has 0 saturated heterocycles. The van der Waals surface area contributed by atoms with Gasteiger partial charge in [-0.1, -0.05) is 0 Å². The number of carbonyl (C=O) groups is 1. The number of hydrogen-bond acceptors (Lipinski definition) is 5. The van der Waals surface area contributed by atoms with E-state index >= 15 is 0 Å². The highest BCUT2D eigenvalue weighted by atomic mass is 32.2. The van der Waals surface area contributed by atoms with Crippen LogP contribution in [0.2, 0.25) is 0 Å². The van der Waals surface area contributed by atoms with Gasteiger partial charge in [-0.05, 0) is 30.3 Å². The average molecular weight is 283 g/mol. The molecule has 1 aromatic heterocycles. The molecule has 7 heteroatoms. The minimum absolute atomic E-state index is 0.0513. The van der Waals surface area contributed by atoms with Crippen LogP contribution < -0.4 is 5.14 Å². The number of rotatable bonds is 3. The van der Waals surface area contributed by atoms with Crippen LogP contribution in [0.15, 0.2) is 39.9 Å². The summed E-state index contributed by atoms with van der Waals surface area (Å²) in [5.41, 5.74) is 0.626. The summed E-state index contributed by atoms with van der Waals surface area (Å²) in [7, 11) is -3.78. The first-order valence-electron chi connectivity index (χ1n) is 4.83. The molecular weight excluding hydrogens is 274 g/mol. The molecule has 3 N–H and O–H groups in total. The van der Waals surface area contributed by atoms with Crippen molar-refractivity contribution in [1.29, 1.82) is 0 Å². The fourth-order valence-corrected chi connectivity index (χ4v) is 2.95. The van der Waals surface area contributed by atoms with Gasteiger partial charge < -0.3 is 5.11 Å². The van der Waals surface area contributed by atoms with Crippen molar-refractivity contribution in [3.8, 4) is 5.75 Å². The molecule has 2 aromatic rings. The molecule has 0 spiro atoms. The molecule has 0 amide bonds. The predicted octanol–water partition coefficient (Wildman–Crippen LogP) is 1.33. The van der Waals surface area contributed by atoms with Crippen LogP contribution in [0.4, 0.5) is 0 Å². The first-order chi connectivity index (χ1) is 8.38. The van der Waals surface area contributed by atoms with E-state index in [2.05, 4.69) is 0 Å². The summed E-state index contributed by atoms with van der Waals surface area (Å²) in [5, 5.41) is 15.5. The molecule has 1 heterocycles. The average Bonchev–Trinajstić information content (AvgIpc) is 2.78. The Balaban J connectivity index is 2.35. The molecule has 0 saturated carbocycles. The Labute approximate surface area is 108 Å². The maximum absolute atomic E-state index is 12.0. The van der Waals surface area contributed by atoms with Crippen LogP contribution in [0.5, 0.6) is 5.75 Å². The largest absolute Gasteiger partial charge is 0.508 e. The van der Waals surface area contributed by atoms with E-state index in [1.54, 1.807) is 0 Å². The molecule has 18 heavy (non-hydrogen) atoms. The van der Waals surface area contributed by atoms with Crippen LogP contribution in [0.25, 0.3) is 0 Å². The summed E-state index contributed by atoms with van der Waals surface area (Å²) in [5.74, 6) is -0.261. The molecule has 0 radical (unpaired) electrons. The minimum Gasteiger partial charge on any atom is -0.508 e. The Hall–Kier alpha value is -1.70. The lowest BCUT2D eigenvalue weighted by atomic mass is 10.1. The summed E-state index contributed by atoms with van der Waals surface area (Å²) in [6, 6.07) is 6.95. The number of thiophene rings is 1. The van der Waals surface area contributed by atoms with E-state index in [-0.39, 0.29) is 21.3 Å². The fraction of sp³-hybridized carbons (Fsp3) is 0. The molecular formula is C11H9NO4S2. The van der Waals surface area contributed by atoms with Crippen LogP contribution in [0.3, 0.4) is 0 Å². The van der Waals surface area contributed by atoms with Gasteiger partial charge in [0.05, 0.1) is 0 Å². The molecule has 94 valence electrons. The predicted molar refractivity (Wildman–Crippen MR) is 67.2 cm³/mol. The fourth-order valence-electron chi connectivity index (χ4n) is 1.36. The number of carbonyl (C=O) groups excluding carboxylic acids is 1. The van der Waals surface area contributed by atoms with Gasteiger partial charge in [0.2, 0.25) is 10.0 Å². The van der Waals surface area contributed by atoms with Crippen molar-refractivity contribution in [2.24, 2.45) is 5.14 Å². The van der Waals surface area contributed by atoms with Crippen LogP contribution in [-0.4, -0.2) is 19.3 Å². The van der Waals surface area contributed by atoms with E-state index in [0.717, 1.165) is 11.3 Å². The van der Waals surface area contributed by atoms with Crippen molar-refractivity contribution in [3.05, 3.63) is 46.8 Å². The number of aromatic hydroxyl groups is 1. The summed E-state index contributed by atoms with van der Waals surface area (Å²) in [4.78, 5) is 12.0. The number of nitrogens with two attached hydrogens (primary N) is 1.